The minimum Gasteiger partial charge on any atom is -0.497 e. The molecule has 18 heavy (non-hydrogen) atoms. The first-order valence-electron chi connectivity index (χ1n) is 5.81. The van der Waals surface area contributed by atoms with Crippen LogP contribution in [0.15, 0.2) is 24.3 Å². The minimum absolute atomic E-state index is 0.113. The molecular weight excluding hydrogens is 234 g/mol. The molecule has 0 saturated carbocycles. The van der Waals surface area contributed by atoms with Crippen molar-refractivity contribution in [3.8, 4) is 11.5 Å². The molecule has 2 rings (SSSR count). The minimum atomic E-state index is -0.113. The van der Waals surface area contributed by atoms with E-state index < -0.39 is 0 Å². The molecule has 5 heteroatoms. The lowest BCUT2D eigenvalue weighted by molar-refractivity contribution is -0.138. The molecule has 1 saturated heterocycles. The second-order valence-electron chi connectivity index (χ2n) is 3.96. The van der Waals surface area contributed by atoms with Crippen molar-refractivity contribution in [2.24, 2.45) is 0 Å². The Morgan fingerprint density at radius 3 is 2.17 bits per heavy atom. The number of amides is 2. The fourth-order valence-corrected chi connectivity index (χ4v) is 1.80. The van der Waals surface area contributed by atoms with E-state index in [-0.39, 0.29) is 11.8 Å². The quantitative estimate of drug-likeness (QED) is 0.736. The Bertz CT molecular complexity index is 425. The summed E-state index contributed by atoms with van der Waals surface area (Å²) in [5, 5.41) is 0. The first kappa shape index (κ1) is 12.4. The molecule has 0 radical (unpaired) electrons. The van der Waals surface area contributed by atoms with Gasteiger partial charge in [-0.25, -0.2) is 0 Å². The first-order valence-corrected chi connectivity index (χ1v) is 5.81. The molecule has 1 aliphatic rings. The van der Waals surface area contributed by atoms with E-state index in [1.165, 1.54) is 4.90 Å². The standard InChI is InChI=1S/C13H15NO4/c1-17-10-2-4-11(5-3-10)18-9-8-14-12(15)6-7-13(14)16/h2-5H,6-9H2,1H3. The lowest BCUT2D eigenvalue weighted by Gasteiger charge is -2.14. The molecule has 1 aromatic carbocycles. The van der Waals surface area contributed by atoms with Crippen LogP contribution in [-0.4, -0.2) is 37.0 Å². The SMILES string of the molecule is COc1ccc(OCCN2C(=O)CCC2=O)cc1. The van der Waals surface area contributed by atoms with Crippen LogP contribution in [0.25, 0.3) is 0 Å². The van der Waals surface area contributed by atoms with Gasteiger partial charge in [0.25, 0.3) is 0 Å². The number of benzene rings is 1. The summed E-state index contributed by atoms with van der Waals surface area (Å²) < 4.78 is 10.5. The fourth-order valence-electron chi connectivity index (χ4n) is 1.80. The zero-order chi connectivity index (χ0) is 13.0. The molecule has 1 aromatic rings. The van der Waals surface area contributed by atoms with Gasteiger partial charge in [0, 0.05) is 12.8 Å². The van der Waals surface area contributed by atoms with Gasteiger partial charge in [0.15, 0.2) is 0 Å². The molecule has 1 aliphatic heterocycles. The summed E-state index contributed by atoms with van der Waals surface area (Å²) in [6.45, 7) is 0.619. The van der Waals surface area contributed by atoms with Crippen molar-refractivity contribution in [1.29, 1.82) is 0 Å². The van der Waals surface area contributed by atoms with Gasteiger partial charge in [0.1, 0.15) is 18.1 Å². The third kappa shape index (κ3) is 2.80. The van der Waals surface area contributed by atoms with E-state index in [9.17, 15) is 9.59 Å². The summed E-state index contributed by atoms with van der Waals surface area (Å²) in [5.74, 6) is 1.22. The van der Waals surface area contributed by atoms with Crippen LogP contribution < -0.4 is 9.47 Å². The van der Waals surface area contributed by atoms with Gasteiger partial charge < -0.3 is 9.47 Å². The van der Waals surface area contributed by atoms with Gasteiger partial charge in [0.05, 0.1) is 13.7 Å². The highest BCUT2D eigenvalue weighted by atomic mass is 16.5. The number of nitrogens with zero attached hydrogens (tertiary/aromatic N) is 1. The highest BCUT2D eigenvalue weighted by molar-refractivity contribution is 6.01. The molecule has 0 spiro atoms. The monoisotopic (exact) mass is 249 g/mol. The van der Waals surface area contributed by atoms with Crippen molar-refractivity contribution in [2.75, 3.05) is 20.3 Å². The van der Waals surface area contributed by atoms with Crippen molar-refractivity contribution in [2.45, 2.75) is 12.8 Å². The summed E-state index contributed by atoms with van der Waals surface area (Å²) in [6, 6.07) is 7.15. The molecule has 0 N–H and O–H groups in total. The topological polar surface area (TPSA) is 55.8 Å². The summed E-state index contributed by atoms with van der Waals surface area (Å²) >= 11 is 0. The third-order valence-corrected chi connectivity index (χ3v) is 2.80. The van der Waals surface area contributed by atoms with Crippen LogP contribution in [-0.2, 0) is 9.59 Å². The normalized spacial score (nSPS) is 15.1. The molecule has 1 heterocycles. The largest absolute Gasteiger partial charge is 0.497 e. The van der Waals surface area contributed by atoms with E-state index in [1.807, 2.05) is 0 Å². The van der Waals surface area contributed by atoms with E-state index in [4.69, 9.17) is 9.47 Å². The second kappa shape index (κ2) is 5.53. The molecule has 1 fully saturated rings. The Labute approximate surface area is 105 Å². The van der Waals surface area contributed by atoms with Gasteiger partial charge >= 0.3 is 0 Å². The van der Waals surface area contributed by atoms with E-state index in [0.717, 1.165) is 5.75 Å². The Morgan fingerprint density at radius 2 is 1.61 bits per heavy atom. The van der Waals surface area contributed by atoms with E-state index in [1.54, 1.807) is 31.4 Å². The van der Waals surface area contributed by atoms with Gasteiger partial charge in [-0.15, -0.1) is 0 Å². The fraction of sp³-hybridized carbons (Fsp3) is 0.385. The average molecular weight is 249 g/mol. The molecule has 0 unspecified atom stereocenters. The Balaban J connectivity index is 1.81. The van der Waals surface area contributed by atoms with E-state index in [0.29, 0.717) is 31.7 Å². The number of methoxy groups -OCH3 is 1. The summed E-state index contributed by atoms with van der Waals surface area (Å²) in [5.41, 5.74) is 0. The van der Waals surface area contributed by atoms with Crippen LogP contribution in [0.1, 0.15) is 12.8 Å². The van der Waals surface area contributed by atoms with Gasteiger partial charge in [-0.3, -0.25) is 14.5 Å². The maximum absolute atomic E-state index is 11.3. The summed E-state index contributed by atoms with van der Waals surface area (Å²) in [4.78, 5) is 23.9. The molecular formula is C13H15NO4. The Kier molecular flexibility index (Phi) is 3.82. The maximum Gasteiger partial charge on any atom is 0.229 e. The van der Waals surface area contributed by atoms with Crippen LogP contribution in [0.4, 0.5) is 0 Å². The highest BCUT2D eigenvalue weighted by Crippen LogP contribution is 2.17. The summed E-state index contributed by atoms with van der Waals surface area (Å²) in [7, 11) is 1.60. The maximum atomic E-state index is 11.3. The molecule has 96 valence electrons. The smallest absolute Gasteiger partial charge is 0.229 e. The lowest BCUT2D eigenvalue weighted by Crippen LogP contribution is -2.33. The Morgan fingerprint density at radius 1 is 1.06 bits per heavy atom. The molecule has 0 aromatic heterocycles. The summed E-state index contributed by atoms with van der Waals surface area (Å²) in [6.07, 6.45) is 0.642. The van der Waals surface area contributed by atoms with Crippen LogP contribution in [0, 0.1) is 0 Å². The number of carbonyl (C=O) groups is 2. The number of likely N-dealkylation sites (tertiary alicyclic amines) is 1. The number of carbonyl (C=O) groups excluding carboxylic acids is 2. The predicted octanol–water partition coefficient (Wildman–Crippen LogP) is 1.22. The van der Waals surface area contributed by atoms with Crippen LogP contribution in [0.2, 0.25) is 0 Å². The van der Waals surface area contributed by atoms with Crippen molar-refractivity contribution >= 4 is 11.8 Å². The van der Waals surface area contributed by atoms with E-state index >= 15 is 0 Å². The van der Waals surface area contributed by atoms with Crippen LogP contribution in [0.3, 0.4) is 0 Å². The van der Waals surface area contributed by atoms with Gasteiger partial charge in [-0.2, -0.15) is 0 Å². The number of hydrogen-bond acceptors (Lipinski definition) is 4. The highest BCUT2D eigenvalue weighted by Gasteiger charge is 2.28. The zero-order valence-electron chi connectivity index (χ0n) is 10.2. The number of rotatable bonds is 5. The van der Waals surface area contributed by atoms with Gasteiger partial charge in [0.2, 0.25) is 11.8 Å². The lowest BCUT2D eigenvalue weighted by atomic mass is 10.3. The molecule has 2 amide bonds. The van der Waals surface area contributed by atoms with Crippen molar-refractivity contribution in [1.82, 2.24) is 4.90 Å². The van der Waals surface area contributed by atoms with Gasteiger partial charge in [-0.05, 0) is 24.3 Å². The molecule has 5 nitrogen and oxygen atoms in total. The number of hydrogen-bond donors (Lipinski definition) is 0. The van der Waals surface area contributed by atoms with Gasteiger partial charge in [-0.1, -0.05) is 0 Å². The average Bonchev–Trinajstić information content (AvgIpc) is 2.71. The van der Waals surface area contributed by atoms with Crippen molar-refractivity contribution in [3.63, 3.8) is 0 Å². The van der Waals surface area contributed by atoms with Crippen molar-refractivity contribution in [3.05, 3.63) is 24.3 Å². The van der Waals surface area contributed by atoms with E-state index in [2.05, 4.69) is 0 Å². The molecule has 0 bridgehead atoms. The number of imide groups is 1. The third-order valence-electron chi connectivity index (χ3n) is 2.80. The Hall–Kier alpha value is -2.04. The molecule has 0 atom stereocenters. The zero-order valence-corrected chi connectivity index (χ0v) is 10.2. The second-order valence-corrected chi connectivity index (χ2v) is 3.96. The van der Waals surface area contributed by atoms with Crippen LogP contribution >= 0.6 is 0 Å². The molecule has 0 aliphatic carbocycles. The first-order chi connectivity index (χ1) is 8.70. The predicted molar refractivity (Wildman–Crippen MR) is 64.4 cm³/mol. The van der Waals surface area contributed by atoms with Crippen molar-refractivity contribution < 1.29 is 19.1 Å². The van der Waals surface area contributed by atoms with Crippen LogP contribution in [0.5, 0.6) is 11.5 Å². The number of ether oxygens (including phenoxy) is 2.